The number of aliphatic hydroxyl groups is 1. The van der Waals surface area contributed by atoms with E-state index in [4.69, 9.17) is 4.74 Å². The van der Waals surface area contributed by atoms with Crippen LogP contribution in [0.3, 0.4) is 0 Å². The molecule has 0 aliphatic carbocycles. The summed E-state index contributed by atoms with van der Waals surface area (Å²) in [7, 11) is 3.76. The van der Waals surface area contributed by atoms with E-state index in [0.717, 1.165) is 45.6 Å². The van der Waals surface area contributed by atoms with Crippen molar-refractivity contribution in [2.45, 2.75) is 18.4 Å². The Balaban J connectivity index is 2.15. The molecule has 1 fully saturated rings. The fourth-order valence-corrected chi connectivity index (χ4v) is 1.93. The monoisotopic (exact) mass is 202 g/mol. The molecular formula is C10H22N2O2. The van der Waals surface area contributed by atoms with Crippen LogP contribution in [0.4, 0.5) is 0 Å². The summed E-state index contributed by atoms with van der Waals surface area (Å²) >= 11 is 0. The van der Waals surface area contributed by atoms with Gasteiger partial charge in [0.15, 0.2) is 0 Å². The van der Waals surface area contributed by atoms with Crippen LogP contribution in [-0.4, -0.2) is 62.6 Å². The Morgan fingerprint density at radius 1 is 1.57 bits per heavy atom. The Hall–Kier alpha value is -0.160. The first-order valence-corrected chi connectivity index (χ1v) is 5.27. The van der Waals surface area contributed by atoms with Crippen molar-refractivity contribution < 1.29 is 9.84 Å². The number of hydrogen-bond donors (Lipinski definition) is 2. The number of ether oxygens (including phenoxy) is 1. The third-order valence-corrected chi connectivity index (χ3v) is 2.67. The maximum atomic E-state index is 10.1. The quantitative estimate of drug-likeness (QED) is 0.579. The number of methoxy groups -OCH3 is 1. The standard InChI is InChI=1S/C10H22N2O2/c1-12(6-3-7-14-2)9-10(13)4-5-11-8-10/h11,13H,3-9H2,1-2H3. The molecule has 0 aromatic heterocycles. The largest absolute Gasteiger partial charge is 0.387 e. The van der Waals surface area contributed by atoms with E-state index in [-0.39, 0.29) is 0 Å². The lowest BCUT2D eigenvalue weighted by molar-refractivity contribution is 0.0264. The number of nitrogens with zero attached hydrogens (tertiary/aromatic N) is 1. The Labute approximate surface area is 86.2 Å². The molecule has 1 saturated heterocycles. The minimum absolute atomic E-state index is 0.512. The van der Waals surface area contributed by atoms with Gasteiger partial charge < -0.3 is 20.1 Å². The summed E-state index contributed by atoms with van der Waals surface area (Å²) < 4.78 is 4.99. The minimum atomic E-state index is -0.512. The summed E-state index contributed by atoms with van der Waals surface area (Å²) in [6.07, 6.45) is 1.89. The summed E-state index contributed by atoms with van der Waals surface area (Å²) in [5, 5.41) is 13.3. The van der Waals surface area contributed by atoms with Crippen LogP contribution in [-0.2, 0) is 4.74 Å². The molecule has 1 aliphatic heterocycles. The highest BCUT2D eigenvalue weighted by Gasteiger charge is 2.31. The number of β-amino-alcohol motifs (C(OH)–C–C–N with tert-alkyl or cyclic N) is 1. The second kappa shape index (κ2) is 5.66. The SMILES string of the molecule is COCCCN(C)CC1(O)CCNC1. The van der Waals surface area contributed by atoms with Gasteiger partial charge in [0.2, 0.25) is 0 Å². The predicted molar refractivity (Wildman–Crippen MR) is 56.4 cm³/mol. The van der Waals surface area contributed by atoms with Crippen LogP contribution in [0.15, 0.2) is 0 Å². The summed E-state index contributed by atoms with van der Waals surface area (Å²) in [4.78, 5) is 2.17. The van der Waals surface area contributed by atoms with Gasteiger partial charge in [0, 0.05) is 33.4 Å². The van der Waals surface area contributed by atoms with Gasteiger partial charge in [-0.1, -0.05) is 0 Å². The van der Waals surface area contributed by atoms with Crippen molar-refractivity contribution in [1.29, 1.82) is 0 Å². The van der Waals surface area contributed by atoms with E-state index in [1.807, 2.05) is 7.05 Å². The average molecular weight is 202 g/mol. The summed E-state index contributed by atoms with van der Waals surface area (Å²) in [5.41, 5.74) is -0.512. The third kappa shape index (κ3) is 3.92. The van der Waals surface area contributed by atoms with E-state index >= 15 is 0 Å². The van der Waals surface area contributed by atoms with Crippen molar-refractivity contribution in [3.8, 4) is 0 Å². The van der Waals surface area contributed by atoms with Crippen LogP contribution in [0.1, 0.15) is 12.8 Å². The highest BCUT2D eigenvalue weighted by molar-refractivity contribution is 4.89. The first-order valence-electron chi connectivity index (χ1n) is 5.27. The maximum absolute atomic E-state index is 10.1. The van der Waals surface area contributed by atoms with Crippen molar-refractivity contribution in [1.82, 2.24) is 10.2 Å². The lowest BCUT2D eigenvalue weighted by Crippen LogP contribution is -2.43. The van der Waals surface area contributed by atoms with E-state index in [0.29, 0.717) is 0 Å². The molecule has 1 aliphatic rings. The smallest absolute Gasteiger partial charge is 0.0909 e. The van der Waals surface area contributed by atoms with Crippen LogP contribution in [0.25, 0.3) is 0 Å². The first kappa shape index (κ1) is 11.9. The van der Waals surface area contributed by atoms with E-state index in [1.165, 1.54) is 0 Å². The van der Waals surface area contributed by atoms with E-state index in [9.17, 15) is 5.11 Å². The normalized spacial score (nSPS) is 27.4. The zero-order chi connectivity index (χ0) is 10.4. The van der Waals surface area contributed by atoms with Gasteiger partial charge in [0.05, 0.1) is 5.60 Å². The summed E-state index contributed by atoms with van der Waals surface area (Å²) in [6, 6.07) is 0. The predicted octanol–water partition coefficient (Wildman–Crippen LogP) is -0.321. The molecule has 0 amide bonds. The van der Waals surface area contributed by atoms with E-state index in [2.05, 4.69) is 10.2 Å². The van der Waals surface area contributed by atoms with Crippen LogP contribution in [0.5, 0.6) is 0 Å². The molecule has 1 unspecified atom stereocenters. The van der Waals surface area contributed by atoms with Gasteiger partial charge >= 0.3 is 0 Å². The second-order valence-electron chi connectivity index (χ2n) is 4.24. The van der Waals surface area contributed by atoms with Gasteiger partial charge in [0.1, 0.15) is 0 Å². The molecule has 84 valence electrons. The molecule has 14 heavy (non-hydrogen) atoms. The molecule has 1 rings (SSSR count). The molecule has 1 heterocycles. The first-order chi connectivity index (χ1) is 6.66. The minimum Gasteiger partial charge on any atom is -0.387 e. The summed E-state index contributed by atoms with van der Waals surface area (Å²) in [6.45, 7) is 4.19. The fraction of sp³-hybridized carbons (Fsp3) is 1.00. The van der Waals surface area contributed by atoms with Crippen LogP contribution >= 0.6 is 0 Å². The second-order valence-corrected chi connectivity index (χ2v) is 4.24. The van der Waals surface area contributed by atoms with Crippen molar-refractivity contribution in [2.75, 3.05) is 46.9 Å². The highest BCUT2D eigenvalue weighted by Crippen LogP contribution is 2.15. The van der Waals surface area contributed by atoms with Crippen molar-refractivity contribution in [3.63, 3.8) is 0 Å². The molecule has 4 nitrogen and oxygen atoms in total. The van der Waals surface area contributed by atoms with E-state index in [1.54, 1.807) is 7.11 Å². The lowest BCUT2D eigenvalue weighted by atomic mass is 10.0. The van der Waals surface area contributed by atoms with Gasteiger partial charge in [-0.3, -0.25) is 0 Å². The zero-order valence-electron chi connectivity index (χ0n) is 9.25. The number of hydrogen-bond acceptors (Lipinski definition) is 4. The van der Waals surface area contributed by atoms with Crippen LogP contribution in [0, 0.1) is 0 Å². The maximum Gasteiger partial charge on any atom is 0.0909 e. The lowest BCUT2D eigenvalue weighted by Gasteiger charge is -2.27. The van der Waals surface area contributed by atoms with Gasteiger partial charge in [-0.15, -0.1) is 0 Å². The van der Waals surface area contributed by atoms with Gasteiger partial charge in [0.25, 0.3) is 0 Å². The fourth-order valence-electron chi connectivity index (χ4n) is 1.93. The molecule has 0 radical (unpaired) electrons. The van der Waals surface area contributed by atoms with Crippen LogP contribution < -0.4 is 5.32 Å². The van der Waals surface area contributed by atoms with Crippen molar-refractivity contribution in [3.05, 3.63) is 0 Å². The molecule has 1 atom stereocenters. The molecule has 4 heteroatoms. The highest BCUT2D eigenvalue weighted by atomic mass is 16.5. The van der Waals surface area contributed by atoms with Gasteiger partial charge in [-0.25, -0.2) is 0 Å². The molecule has 0 saturated carbocycles. The zero-order valence-corrected chi connectivity index (χ0v) is 9.25. The molecule has 2 N–H and O–H groups in total. The average Bonchev–Trinajstić information content (AvgIpc) is 2.52. The number of rotatable bonds is 6. The Morgan fingerprint density at radius 2 is 2.36 bits per heavy atom. The molecular weight excluding hydrogens is 180 g/mol. The molecule has 0 aromatic rings. The topological polar surface area (TPSA) is 44.7 Å². The molecule has 0 aromatic carbocycles. The Morgan fingerprint density at radius 3 is 2.93 bits per heavy atom. The molecule has 0 bridgehead atoms. The van der Waals surface area contributed by atoms with Gasteiger partial charge in [-0.05, 0) is 26.4 Å². The van der Waals surface area contributed by atoms with Crippen molar-refractivity contribution >= 4 is 0 Å². The van der Waals surface area contributed by atoms with Gasteiger partial charge in [-0.2, -0.15) is 0 Å². The Kier molecular flexibility index (Phi) is 4.81. The van der Waals surface area contributed by atoms with Crippen molar-refractivity contribution in [2.24, 2.45) is 0 Å². The molecule has 0 spiro atoms. The van der Waals surface area contributed by atoms with E-state index < -0.39 is 5.60 Å². The summed E-state index contributed by atoms with van der Waals surface area (Å²) in [5.74, 6) is 0. The third-order valence-electron chi connectivity index (χ3n) is 2.67. The number of nitrogens with one attached hydrogen (secondary N) is 1. The number of likely N-dealkylation sites (N-methyl/N-ethyl adjacent to an activating group) is 1. The Bertz CT molecular complexity index is 158. The van der Waals surface area contributed by atoms with Crippen LogP contribution in [0.2, 0.25) is 0 Å².